The molecule has 1 aromatic carbocycles. The van der Waals surface area contributed by atoms with Crippen molar-refractivity contribution >= 4 is 35.3 Å². The molecule has 10 nitrogen and oxygen atoms in total. The van der Waals surface area contributed by atoms with Crippen molar-refractivity contribution < 1.29 is 19.4 Å². The van der Waals surface area contributed by atoms with Crippen LogP contribution in [-0.2, 0) is 24.2 Å². The quantitative estimate of drug-likeness (QED) is 0.528. The lowest BCUT2D eigenvalue weighted by Crippen LogP contribution is -2.53. The number of thiophene rings is 1. The zero-order chi connectivity index (χ0) is 26.9. The number of rotatable bonds is 5. The standard InChI is InChI=1S/C28H34N6O4S/c1-38-22-2-3-23-18(13-22)4-10-33(28(37)31-23)20-5-8-32(9-6-20)26-14-24(29-17-30-26)27(36)34-15-25-19(7-11-39-25)12-21(34)16-35/h2-3,7,11,13-14,17,20-21,24,35H,4-6,8-10,12,15-16H2,1H3,(H,29,30)(H,31,37). The fourth-order valence-electron chi connectivity index (χ4n) is 6.00. The van der Waals surface area contributed by atoms with Crippen molar-refractivity contribution in [2.45, 2.75) is 50.4 Å². The van der Waals surface area contributed by atoms with Gasteiger partial charge in [0.15, 0.2) is 0 Å². The molecule has 4 aliphatic heterocycles. The van der Waals surface area contributed by atoms with E-state index in [1.165, 1.54) is 10.4 Å². The number of ether oxygens (including phenoxy) is 1. The summed E-state index contributed by atoms with van der Waals surface area (Å²) in [6.45, 7) is 2.62. The lowest BCUT2D eigenvalue weighted by Gasteiger charge is -2.40. The van der Waals surface area contributed by atoms with E-state index in [9.17, 15) is 14.7 Å². The molecule has 11 heteroatoms. The number of carbonyl (C=O) groups excluding carboxylic acids is 2. The fourth-order valence-corrected chi connectivity index (χ4v) is 6.91. The van der Waals surface area contributed by atoms with Crippen molar-refractivity contribution in [2.24, 2.45) is 4.99 Å². The molecule has 0 bridgehead atoms. The third-order valence-corrected chi connectivity index (χ3v) is 9.19. The van der Waals surface area contributed by atoms with Gasteiger partial charge in [0.1, 0.15) is 17.6 Å². The monoisotopic (exact) mass is 550 g/mol. The van der Waals surface area contributed by atoms with Crippen LogP contribution in [-0.4, -0.2) is 89.6 Å². The van der Waals surface area contributed by atoms with Crippen molar-refractivity contribution in [2.75, 3.05) is 38.7 Å². The molecule has 2 atom stereocenters. The SMILES string of the molecule is COc1ccc2c(c1)CCN(C1CCN(C3=CC(C(=O)N4Cc5sccc5CC4CO)NC=N3)CC1)C(=O)N2. The Kier molecular flexibility index (Phi) is 7.18. The van der Waals surface area contributed by atoms with Crippen LogP contribution in [0.25, 0.3) is 0 Å². The average Bonchev–Trinajstić information content (AvgIpc) is 3.37. The molecule has 1 fully saturated rings. The highest BCUT2D eigenvalue weighted by molar-refractivity contribution is 7.10. The number of aliphatic hydroxyl groups excluding tert-OH is 1. The minimum absolute atomic E-state index is 0.0518. The van der Waals surface area contributed by atoms with Crippen LogP contribution in [0.5, 0.6) is 5.75 Å². The number of likely N-dealkylation sites (tertiary alicyclic amines) is 1. The van der Waals surface area contributed by atoms with Crippen LogP contribution >= 0.6 is 11.3 Å². The van der Waals surface area contributed by atoms with Crippen molar-refractivity contribution in [1.82, 2.24) is 20.0 Å². The number of aliphatic hydroxyl groups is 1. The van der Waals surface area contributed by atoms with Gasteiger partial charge in [-0.2, -0.15) is 0 Å². The number of aliphatic imine (C=N–C) groups is 1. The fraction of sp³-hybridized carbons (Fsp3) is 0.464. The summed E-state index contributed by atoms with van der Waals surface area (Å²) in [4.78, 5) is 38.2. The highest BCUT2D eigenvalue weighted by Crippen LogP contribution is 2.30. The zero-order valence-corrected chi connectivity index (χ0v) is 22.8. The number of methoxy groups -OCH3 is 1. The first-order chi connectivity index (χ1) is 19.0. The van der Waals surface area contributed by atoms with Gasteiger partial charge >= 0.3 is 6.03 Å². The summed E-state index contributed by atoms with van der Waals surface area (Å²) in [5.41, 5.74) is 3.15. The van der Waals surface area contributed by atoms with Crippen molar-refractivity contribution in [3.63, 3.8) is 0 Å². The van der Waals surface area contributed by atoms with Gasteiger partial charge in [0, 0.05) is 36.2 Å². The Morgan fingerprint density at radius 1 is 1.21 bits per heavy atom. The second-order valence-electron chi connectivity index (χ2n) is 10.4. The summed E-state index contributed by atoms with van der Waals surface area (Å²) in [6, 6.07) is 7.18. The Bertz CT molecular complexity index is 1300. The normalized spacial score (nSPS) is 23.3. The third-order valence-electron chi connectivity index (χ3n) is 8.24. The summed E-state index contributed by atoms with van der Waals surface area (Å²) in [7, 11) is 1.65. The molecule has 3 N–H and O–H groups in total. The predicted octanol–water partition coefficient (Wildman–Crippen LogP) is 2.40. The molecule has 1 saturated heterocycles. The zero-order valence-electron chi connectivity index (χ0n) is 22.0. The molecule has 2 aromatic rings. The van der Waals surface area contributed by atoms with Gasteiger partial charge in [0.25, 0.3) is 0 Å². The number of benzene rings is 1. The van der Waals surface area contributed by atoms with Crippen LogP contribution in [0.2, 0.25) is 0 Å². The summed E-state index contributed by atoms with van der Waals surface area (Å²) >= 11 is 1.66. The van der Waals surface area contributed by atoms with Crippen molar-refractivity contribution in [3.8, 4) is 5.75 Å². The summed E-state index contributed by atoms with van der Waals surface area (Å²) in [5.74, 6) is 1.52. The van der Waals surface area contributed by atoms with E-state index in [1.807, 2.05) is 34.6 Å². The van der Waals surface area contributed by atoms with E-state index in [-0.39, 0.29) is 30.6 Å². The summed E-state index contributed by atoms with van der Waals surface area (Å²) in [6.07, 6.45) is 6.59. The Labute approximate surface area is 231 Å². The highest BCUT2D eigenvalue weighted by Gasteiger charge is 2.35. The molecule has 1 aromatic heterocycles. The molecule has 206 valence electrons. The van der Waals surface area contributed by atoms with Crippen LogP contribution in [0.3, 0.4) is 0 Å². The van der Waals surface area contributed by atoms with Gasteiger partial charge in [-0.3, -0.25) is 4.79 Å². The number of anilines is 1. The predicted molar refractivity (Wildman–Crippen MR) is 150 cm³/mol. The molecule has 0 aliphatic carbocycles. The maximum absolute atomic E-state index is 13.5. The lowest BCUT2D eigenvalue weighted by atomic mass is 9.99. The second kappa shape index (κ2) is 10.9. The van der Waals surface area contributed by atoms with Gasteiger partial charge in [-0.05, 0) is 72.5 Å². The first-order valence-electron chi connectivity index (χ1n) is 13.5. The molecule has 0 radical (unpaired) electrons. The van der Waals surface area contributed by atoms with E-state index in [4.69, 9.17) is 4.74 Å². The smallest absolute Gasteiger partial charge is 0.322 e. The highest BCUT2D eigenvalue weighted by atomic mass is 32.1. The molecular weight excluding hydrogens is 516 g/mol. The topological polar surface area (TPSA) is 110 Å². The van der Waals surface area contributed by atoms with E-state index < -0.39 is 6.04 Å². The second-order valence-corrected chi connectivity index (χ2v) is 11.4. The molecular formula is C28H34N6O4S. The Morgan fingerprint density at radius 3 is 2.85 bits per heavy atom. The molecule has 6 rings (SSSR count). The molecule has 39 heavy (non-hydrogen) atoms. The number of piperidine rings is 1. The maximum Gasteiger partial charge on any atom is 0.322 e. The lowest BCUT2D eigenvalue weighted by molar-refractivity contribution is -0.136. The number of urea groups is 1. The largest absolute Gasteiger partial charge is 0.497 e. The minimum Gasteiger partial charge on any atom is -0.497 e. The molecule has 5 heterocycles. The number of nitrogens with zero attached hydrogens (tertiary/aromatic N) is 4. The molecule has 4 aliphatic rings. The van der Waals surface area contributed by atoms with Gasteiger partial charge in [0.05, 0.1) is 32.6 Å². The van der Waals surface area contributed by atoms with E-state index >= 15 is 0 Å². The van der Waals surface area contributed by atoms with Crippen LogP contribution in [0.15, 0.2) is 46.5 Å². The minimum atomic E-state index is -0.530. The van der Waals surface area contributed by atoms with Gasteiger partial charge in [-0.15, -0.1) is 11.3 Å². The van der Waals surface area contributed by atoms with E-state index in [0.29, 0.717) is 19.5 Å². The Morgan fingerprint density at radius 2 is 2.05 bits per heavy atom. The Hall–Kier alpha value is -3.57. The summed E-state index contributed by atoms with van der Waals surface area (Å²) in [5, 5.41) is 18.2. The molecule has 0 saturated carbocycles. The molecule has 3 amide bonds. The van der Waals surface area contributed by atoms with Crippen LogP contribution in [0.1, 0.15) is 28.8 Å². The molecule has 2 unspecified atom stereocenters. The van der Waals surface area contributed by atoms with E-state index in [1.54, 1.807) is 29.7 Å². The van der Waals surface area contributed by atoms with Gasteiger partial charge in [-0.1, -0.05) is 0 Å². The van der Waals surface area contributed by atoms with Crippen LogP contribution < -0.4 is 15.4 Å². The number of hydrogen-bond donors (Lipinski definition) is 3. The van der Waals surface area contributed by atoms with Crippen molar-refractivity contribution in [1.29, 1.82) is 0 Å². The van der Waals surface area contributed by atoms with Crippen LogP contribution in [0, 0.1) is 0 Å². The van der Waals surface area contributed by atoms with Gasteiger partial charge in [-0.25, -0.2) is 9.79 Å². The van der Waals surface area contributed by atoms with Crippen LogP contribution in [0.4, 0.5) is 10.5 Å². The summed E-state index contributed by atoms with van der Waals surface area (Å²) < 4.78 is 5.35. The third kappa shape index (κ3) is 5.08. The van der Waals surface area contributed by atoms with Gasteiger partial charge in [0.2, 0.25) is 5.91 Å². The first-order valence-corrected chi connectivity index (χ1v) is 14.4. The van der Waals surface area contributed by atoms with Gasteiger partial charge < -0.3 is 35.2 Å². The molecule has 0 spiro atoms. The number of nitrogens with one attached hydrogen (secondary N) is 2. The number of carbonyl (C=O) groups is 2. The maximum atomic E-state index is 13.5. The first kappa shape index (κ1) is 25.7. The van der Waals surface area contributed by atoms with E-state index in [2.05, 4.69) is 26.6 Å². The van der Waals surface area contributed by atoms with E-state index in [0.717, 1.165) is 55.2 Å². The van der Waals surface area contributed by atoms with Crippen molar-refractivity contribution in [3.05, 3.63) is 57.5 Å². The number of hydrogen-bond acceptors (Lipinski definition) is 8. The average molecular weight is 551 g/mol. The Balaban J connectivity index is 1.08. The number of fused-ring (bicyclic) bond motifs is 2. The number of amides is 3.